The molecule has 30 heavy (non-hydrogen) atoms. The van der Waals surface area contributed by atoms with Crippen LogP contribution in [0, 0.1) is 6.92 Å². The summed E-state index contributed by atoms with van der Waals surface area (Å²) in [5, 5.41) is 5.02. The van der Waals surface area contributed by atoms with Crippen LogP contribution in [0.15, 0.2) is 72.4 Å². The lowest BCUT2D eigenvalue weighted by atomic mass is 10.0. The second kappa shape index (κ2) is 8.47. The maximum Gasteiger partial charge on any atom is 0.267 e. The predicted molar refractivity (Wildman–Crippen MR) is 121 cm³/mol. The minimum atomic E-state index is -0.171. The number of carbonyl (C=O) groups is 1. The maximum atomic E-state index is 13.2. The van der Waals surface area contributed by atoms with E-state index in [9.17, 15) is 4.79 Å². The Bertz CT molecular complexity index is 1180. The molecule has 0 bridgehead atoms. The van der Waals surface area contributed by atoms with Crippen molar-refractivity contribution in [3.05, 3.63) is 82.8 Å². The lowest BCUT2D eigenvalue weighted by molar-refractivity contribution is 0.103. The molecule has 0 saturated carbocycles. The maximum absolute atomic E-state index is 13.2. The van der Waals surface area contributed by atoms with Crippen molar-refractivity contribution >= 4 is 22.9 Å². The number of ether oxygens (including phenoxy) is 2. The second-order valence-electron chi connectivity index (χ2n) is 6.81. The van der Waals surface area contributed by atoms with E-state index in [-0.39, 0.29) is 5.91 Å². The van der Waals surface area contributed by atoms with Gasteiger partial charge in [-0.25, -0.2) is 0 Å². The van der Waals surface area contributed by atoms with Gasteiger partial charge in [-0.3, -0.25) is 4.79 Å². The molecule has 6 heteroatoms. The van der Waals surface area contributed by atoms with E-state index in [2.05, 4.69) is 30.4 Å². The van der Waals surface area contributed by atoms with Crippen LogP contribution < -0.4 is 14.8 Å². The van der Waals surface area contributed by atoms with Crippen LogP contribution in [-0.2, 0) is 0 Å². The molecule has 152 valence electrons. The van der Waals surface area contributed by atoms with Crippen LogP contribution in [0.1, 0.15) is 15.2 Å². The van der Waals surface area contributed by atoms with Crippen molar-refractivity contribution in [2.75, 3.05) is 19.5 Å². The highest BCUT2D eigenvalue weighted by Crippen LogP contribution is 2.36. The molecule has 1 amide bonds. The quantitative estimate of drug-likeness (QED) is 0.432. The second-order valence-corrected chi connectivity index (χ2v) is 7.69. The number of amides is 1. The van der Waals surface area contributed by atoms with Crippen molar-refractivity contribution < 1.29 is 14.3 Å². The number of aryl methyl sites for hydroxylation is 1. The van der Waals surface area contributed by atoms with Gasteiger partial charge in [0.15, 0.2) is 11.5 Å². The molecule has 1 N–H and O–H groups in total. The number of hydrogen-bond acceptors (Lipinski definition) is 4. The Labute approximate surface area is 179 Å². The monoisotopic (exact) mass is 418 g/mol. The van der Waals surface area contributed by atoms with Gasteiger partial charge >= 0.3 is 0 Å². The van der Waals surface area contributed by atoms with E-state index in [0.717, 1.165) is 16.8 Å². The number of nitrogens with one attached hydrogen (secondary N) is 1. The summed E-state index contributed by atoms with van der Waals surface area (Å²) in [4.78, 5) is 13.8. The molecule has 0 aliphatic rings. The molecule has 2 aromatic heterocycles. The minimum absolute atomic E-state index is 0.171. The molecule has 5 nitrogen and oxygen atoms in total. The fourth-order valence-corrected chi connectivity index (χ4v) is 4.34. The van der Waals surface area contributed by atoms with Gasteiger partial charge < -0.3 is 19.4 Å². The Morgan fingerprint density at radius 3 is 2.43 bits per heavy atom. The fraction of sp³-hybridized carbons (Fsp3) is 0.125. The number of carbonyl (C=O) groups excluding carboxylic acids is 1. The lowest BCUT2D eigenvalue weighted by Crippen LogP contribution is -2.13. The van der Waals surface area contributed by atoms with Gasteiger partial charge in [-0.1, -0.05) is 29.8 Å². The zero-order valence-corrected chi connectivity index (χ0v) is 17.8. The van der Waals surface area contributed by atoms with E-state index >= 15 is 0 Å². The molecule has 0 fully saturated rings. The summed E-state index contributed by atoms with van der Waals surface area (Å²) in [6.45, 7) is 2.07. The predicted octanol–water partition coefficient (Wildman–Crippen LogP) is 5.78. The number of thiophene rings is 1. The minimum Gasteiger partial charge on any atom is -0.493 e. The van der Waals surface area contributed by atoms with Crippen LogP contribution in [0.5, 0.6) is 11.5 Å². The third kappa shape index (κ3) is 3.82. The lowest BCUT2D eigenvalue weighted by Gasteiger charge is -2.12. The highest BCUT2D eigenvalue weighted by atomic mass is 32.1. The third-order valence-corrected chi connectivity index (χ3v) is 5.77. The van der Waals surface area contributed by atoms with Gasteiger partial charge in [0, 0.05) is 35.1 Å². The van der Waals surface area contributed by atoms with E-state index in [4.69, 9.17) is 9.47 Å². The standard InChI is InChI=1S/C24H22N2O3S/c1-16-7-6-8-17(13-16)19-15-30-23(22(19)26-11-4-5-12-26)24(27)25-18-9-10-20(28-2)21(14-18)29-3/h4-15H,1-3H3,(H,25,27). The molecule has 0 radical (unpaired) electrons. The highest BCUT2D eigenvalue weighted by molar-refractivity contribution is 7.13. The summed E-state index contributed by atoms with van der Waals surface area (Å²) in [6.07, 6.45) is 3.91. The molecule has 0 atom stereocenters. The average molecular weight is 419 g/mol. The summed E-state index contributed by atoms with van der Waals surface area (Å²) in [7, 11) is 3.15. The Kier molecular flexibility index (Phi) is 5.59. The molecule has 0 aliphatic carbocycles. The SMILES string of the molecule is COc1ccc(NC(=O)c2scc(-c3cccc(C)c3)c2-n2cccc2)cc1OC. The van der Waals surface area contributed by atoms with Gasteiger partial charge in [-0.15, -0.1) is 11.3 Å². The number of nitrogens with zero attached hydrogens (tertiary/aromatic N) is 1. The highest BCUT2D eigenvalue weighted by Gasteiger charge is 2.21. The van der Waals surface area contributed by atoms with Crippen molar-refractivity contribution in [3.8, 4) is 28.3 Å². The third-order valence-electron chi connectivity index (χ3n) is 4.80. The molecule has 0 saturated heterocycles. The summed E-state index contributed by atoms with van der Waals surface area (Å²) >= 11 is 1.43. The summed E-state index contributed by atoms with van der Waals surface area (Å²) in [6, 6.07) is 17.5. The van der Waals surface area contributed by atoms with Gasteiger partial charge in [-0.05, 0) is 36.8 Å². The normalized spacial score (nSPS) is 10.6. The number of anilines is 1. The van der Waals surface area contributed by atoms with Gasteiger partial charge in [0.25, 0.3) is 5.91 Å². The molecule has 2 heterocycles. The van der Waals surface area contributed by atoms with E-state index < -0.39 is 0 Å². The van der Waals surface area contributed by atoms with Crippen LogP contribution in [0.3, 0.4) is 0 Å². The van der Waals surface area contributed by atoms with Gasteiger partial charge in [-0.2, -0.15) is 0 Å². The Morgan fingerprint density at radius 2 is 1.73 bits per heavy atom. The summed E-state index contributed by atoms with van der Waals surface area (Å²) in [5.41, 5.74) is 4.79. The summed E-state index contributed by atoms with van der Waals surface area (Å²) < 4.78 is 12.6. The first kappa shape index (κ1) is 19.8. The van der Waals surface area contributed by atoms with Crippen molar-refractivity contribution in [1.82, 2.24) is 4.57 Å². The number of benzene rings is 2. The van der Waals surface area contributed by atoms with Gasteiger partial charge in [0.2, 0.25) is 0 Å². The Morgan fingerprint density at radius 1 is 0.967 bits per heavy atom. The largest absolute Gasteiger partial charge is 0.493 e. The first-order chi connectivity index (χ1) is 14.6. The summed E-state index contributed by atoms with van der Waals surface area (Å²) in [5.74, 6) is 1.00. The van der Waals surface area contributed by atoms with Crippen LogP contribution in [0.25, 0.3) is 16.8 Å². The number of methoxy groups -OCH3 is 2. The van der Waals surface area contributed by atoms with Gasteiger partial charge in [0.1, 0.15) is 4.88 Å². The molecule has 4 aromatic rings. The average Bonchev–Trinajstić information content (AvgIpc) is 3.43. The molecular formula is C24H22N2O3S. The van der Waals surface area contributed by atoms with Crippen LogP contribution in [0.2, 0.25) is 0 Å². The van der Waals surface area contributed by atoms with Gasteiger partial charge in [0.05, 0.1) is 19.9 Å². The van der Waals surface area contributed by atoms with Crippen LogP contribution in [0.4, 0.5) is 5.69 Å². The fourth-order valence-electron chi connectivity index (χ4n) is 3.37. The van der Waals surface area contributed by atoms with E-state index in [1.165, 1.54) is 16.9 Å². The van der Waals surface area contributed by atoms with Crippen molar-refractivity contribution in [2.45, 2.75) is 6.92 Å². The van der Waals surface area contributed by atoms with Crippen LogP contribution in [-0.4, -0.2) is 24.7 Å². The number of rotatable bonds is 6. The van der Waals surface area contributed by atoms with Crippen molar-refractivity contribution in [1.29, 1.82) is 0 Å². The van der Waals surface area contributed by atoms with Crippen molar-refractivity contribution in [2.24, 2.45) is 0 Å². The molecule has 0 unspecified atom stereocenters. The topological polar surface area (TPSA) is 52.5 Å². The Balaban J connectivity index is 1.73. The molecular weight excluding hydrogens is 396 g/mol. The number of aromatic nitrogens is 1. The molecule has 2 aromatic carbocycles. The van der Waals surface area contributed by atoms with E-state index in [1.807, 2.05) is 40.5 Å². The first-order valence-corrected chi connectivity index (χ1v) is 10.3. The Hall–Kier alpha value is -3.51. The van der Waals surface area contributed by atoms with E-state index in [1.54, 1.807) is 32.4 Å². The zero-order valence-electron chi connectivity index (χ0n) is 17.0. The van der Waals surface area contributed by atoms with Crippen molar-refractivity contribution in [3.63, 3.8) is 0 Å². The van der Waals surface area contributed by atoms with E-state index in [0.29, 0.717) is 22.1 Å². The zero-order chi connectivity index (χ0) is 21.1. The molecule has 4 rings (SSSR count). The number of hydrogen-bond donors (Lipinski definition) is 1. The first-order valence-electron chi connectivity index (χ1n) is 9.46. The van der Waals surface area contributed by atoms with Crippen LogP contribution >= 0.6 is 11.3 Å². The molecule has 0 aliphatic heterocycles. The smallest absolute Gasteiger partial charge is 0.267 e. The molecule has 0 spiro atoms.